The van der Waals surface area contributed by atoms with Crippen LogP contribution in [0.15, 0.2) is 66.7 Å². The fraction of sp³-hybridized carbons (Fsp3) is 0.0500. The van der Waals surface area contributed by atoms with Crippen LogP contribution in [0.5, 0.6) is 0 Å². The Kier molecular flexibility index (Phi) is 3.01. The number of H-pyrrole nitrogens is 1. The first-order valence-corrected chi connectivity index (χ1v) is 7.36. The minimum Gasteiger partial charge on any atom is -0.358 e. The summed E-state index contributed by atoms with van der Waals surface area (Å²) >= 11 is 0. The van der Waals surface area contributed by atoms with E-state index in [1.54, 1.807) is 0 Å². The van der Waals surface area contributed by atoms with Crippen LogP contribution in [0.1, 0.15) is 21.6 Å². The normalized spacial score (nSPS) is 11.1. The van der Waals surface area contributed by atoms with Gasteiger partial charge < -0.3 is 4.98 Å². The largest absolute Gasteiger partial charge is 0.358 e. The predicted octanol–water partition coefficient (Wildman–Crippen LogP) is 4.72. The highest BCUT2D eigenvalue weighted by molar-refractivity contribution is 5.88. The number of aromatic amines is 1. The molecule has 0 aliphatic rings. The molecule has 1 aromatic heterocycles. The SMILES string of the molecule is O=Cc1ccc2[nH]c(Cc3ccc4ccccc4c3)cc2c1. The summed E-state index contributed by atoms with van der Waals surface area (Å²) in [5, 5.41) is 3.61. The van der Waals surface area contributed by atoms with Crippen LogP contribution in [0.2, 0.25) is 0 Å². The van der Waals surface area contributed by atoms with Gasteiger partial charge in [-0.05, 0) is 40.6 Å². The molecule has 106 valence electrons. The van der Waals surface area contributed by atoms with Crippen LogP contribution in [-0.4, -0.2) is 11.3 Å². The number of rotatable bonds is 3. The Bertz CT molecular complexity index is 981. The highest BCUT2D eigenvalue weighted by Gasteiger charge is 2.04. The van der Waals surface area contributed by atoms with Crippen molar-refractivity contribution in [3.05, 3.63) is 83.6 Å². The van der Waals surface area contributed by atoms with Gasteiger partial charge in [0.05, 0.1) is 0 Å². The number of aldehydes is 1. The molecule has 4 aromatic rings. The lowest BCUT2D eigenvalue weighted by atomic mass is 10.0. The maximum absolute atomic E-state index is 10.9. The lowest BCUT2D eigenvalue weighted by Gasteiger charge is -2.02. The number of hydrogen-bond acceptors (Lipinski definition) is 1. The quantitative estimate of drug-likeness (QED) is 0.543. The summed E-state index contributed by atoms with van der Waals surface area (Å²) in [7, 11) is 0. The van der Waals surface area contributed by atoms with E-state index in [1.807, 2.05) is 18.2 Å². The topological polar surface area (TPSA) is 32.9 Å². The van der Waals surface area contributed by atoms with Gasteiger partial charge in [-0.25, -0.2) is 0 Å². The molecule has 0 saturated carbocycles. The first-order valence-electron chi connectivity index (χ1n) is 7.36. The first kappa shape index (κ1) is 12.8. The number of carbonyl (C=O) groups excluding carboxylic acids is 1. The van der Waals surface area contributed by atoms with Gasteiger partial charge in [0, 0.05) is 28.6 Å². The van der Waals surface area contributed by atoms with Crippen molar-refractivity contribution in [1.29, 1.82) is 0 Å². The van der Waals surface area contributed by atoms with Gasteiger partial charge in [-0.3, -0.25) is 4.79 Å². The van der Waals surface area contributed by atoms with Gasteiger partial charge in [0.25, 0.3) is 0 Å². The highest BCUT2D eigenvalue weighted by Crippen LogP contribution is 2.21. The smallest absolute Gasteiger partial charge is 0.150 e. The van der Waals surface area contributed by atoms with Crippen LogP contribution in [-0.2, 0) is 6.42 Å². The second-order valence-electron chi connectivity index (χ2n) is 5.62. The molecule has 4 rings (SSSR count). The summed E-state index contributed by atoms with van der Waals surface area (Å²) < 4.78 is 0. The number of aromatic nitrogens is 1. The minimum atomic E-state index is 0.712. The van der Waals surface area contributed by atoms with Gasteiger partial charge in [0.1, 0.15) is 6.29 Å². The van der Waals surface area contributed by atoms with Crippen LogP contribution >= 0.6 is 0 Å². The molecule has 0 spiro atoms. The van der Waals surface area contributed by atoms with Crippen molar-refractivity contribution in [1.82, 2.24) is 4.98 Å². The molecule has 0 amide bonds. The highest BCUT2D eigenvalue weighted by atomic mass is 16.1. The van der Waals surface area contributed by atoms with Gasteiger partial charge >= 0.3 is 0 Å². The Hall–Kier alpha value is -2.87. The number of nitrogens with one attached hydrogen (secondary N) is 1. The molecular formula is C20H15NO. The molecule has 2 nitrogen and oxygen atoms in total. The molecule has 0 unspecified atom stereocenters. The van der Waals surface area contributed by atoms with Crippen molar-refractivity contribution in [2.75, 3.05) is 0 Å². The third kappa shape index (κ3) is 2.29. The Morgan fingerprint density at radius 3 is 2.55 bits per heavy atom. The maximum Gasteiger partial charge on any atom is 0.150 e. The molecule has 0 bridgehead atoms. The fourth-order valence-corrected chi connectivity index (χ4v) is 2.95. The zero-order valence-corrected chi connectivity index (χ0v) is 12.0. The number of hydrogen-bond donors (Lipinski definition) is 1. The fourth-order valence-electron chi connectivity index (χ4n) is 2.95. The van der Waals surface area contributed by atoms with Gasteiger partial charge in [0.15, 0.2) is 0 Å². The van der Waals surface area contributed by atoms with Crippen molar-refractivity contribution < 1.29 is 4.79 Å². The van der Waals surface area contributed by atoms with Crippen LogP contribution in [0.3, 0.4) is 0 Å². The molecule has 2 heteroatoms. The Balaban J connectivity index is 1.70. The van der Waals surface area contributed by atoms with Gasteiger partial charge in [-0.15, -0.1) is 0 Å². The van der Waals surface area contributed by atoms with E-state index in [0.717, 1.165) is 29.3 Å². The van der Waals surface area contributed by atoms with Crippen molar-refractivity contribution >= 4 is 28.0 Å². The lowest BCUT2D eigenvalue weighted by Crippen LogP contribution is -1.88. The summed E-state index contributed by atoms with van der Waals surface area (Å²) in [6.07, 6.45) is 1.74. The van der Waals surface area contributed by atoms with Crippen molar-refractivity contribution in [2.45, 2.75) is 6.42 Å². The van der Waals surface area contributed by atoms with Crippen LogP contribution in [0, 0.1) is 0 Å². The van der Waals surface area contributed by atoms with E-state index in [9.17, 15) is 4.79 Å². The monoisotopic (exact) mass is 285 g/mol. The third-order valence-corrected chi connectivity index (χ3v) is 4.05. The Morgan fingerprint density at radius 1 is 0.818 bits per heavy atom. The van der Waals surface area contributed by atoms with E-state index in [4.69, 9.17) is 0 Å². The van der Waals surface area contributed by atoms with E-state index in [-0.39, 0.29) is 0 Å². The Morgan fingerprint density at radius 2 is 1.68 bits per heavy atom. The molecule has 0 atom stereocenters. The number of benzene rings is 3. The van der Waals surface area contributed by atoms with Crippen molar-refractivity contribution in [2.24, 2.45) is 0 Å². The van der Waals surface area contributed by atoms with E-state index in [0.29, 0.717) is 5.56 Å². The van der Waals surface area contributed by atoms with E-state index < -0.39 is 0 Å². The summed E-state index contributed by atoms with van der Waals surface area (Å²) in [6.45, 7) is 0. The number of carbonyl (C=O) groups is 1. The summed E-state index contributed by atoms with van der Waals surface area (Å²) in [6, 6.07) is 22.8. The average Bonchev–Trinajstić information content (AvgIpc) is 2.95. The molecule has 1 heterocycles. The Labute approximate surface area is 128 Å². The molecule has 1 N–H and O–H groups in total. The third-order valence-electron chi connectivity index (χ3n) is 4.05. The second-order valence-corrected chi connectivity index (χ2v) is 5.62. The van der Waals surface area contributed by atoms with E-state index >= 15 is 0 Å². The standard InChI is InChI=1S/C20H15NO/c22-13-15-6-8-20-18(10-15)12-19(21-20)11-14-5-7-16-3-1-2-4-17(16)9-14/h1-10,12-13,21H,11H2. The number of fused-ring (bicyclic) bond motifs is 2. The van der Waals surface area contributed by atoms with Crippen LogP contribution < -0.4 is 0 Å². The van der Waals surface area contributed by atoms with Crippen LogP contribution in [0.25, 0.3) is 21.7 Å². The summed E-state index contributed by atoms with van der Waals surface area (Å²) in [4.78, 5) is 14.3. The van der Waals surface area contributed by atoms with E-state index in [2.05, 4.69) is 53.5 Å². The molecule has 0 aliphatic heterocycles. The van der Waals surface area contributed by atoms with Crippen molar-refractivity contribution in [3.8, 4) is 0 Å². The first-order chi connectivity index (χ1) is 10.8. The maximum atomic E-state index is 10.9. The molecule has 0 radical (unpaired) electrons. The molecular weight excluding hydrogens is 270 g/mol. The van der Waals surface area contributed by atoms with Crippen molar-refractivity contribution in [3.63, 3.8) is 0 Å². The molecule has 0 aliphatic carbocycles. The molecule has 22 heavy (non-hydrogen) atoms. The molecule has 3 aromatic carbocycles. The van der Waals surface area contributed by atoms with Crippen LogP contribution in [0.4, 0.5) is 0 Å². The van der Waals surface area contributed by atoms with E-state index in [1.165, 1.54) is 16.3 Å². The average molecular weight is 285 g/mol. The van der Waals surface area contributed by atoms with Gasteiger partial charge in [-0.2, -0.15) is 0 Å². The second kappa shape index (κ2) is 5.15. The lowest BCUT2D eigenvalue weighted by molar-refractivity contribution is 0.112. The van der Waals surface area contributed by atoms with Gasteiger partial charge in [0.2, 0.25) is 0 Å². The summed E-state index contributed by atoms with van der Waals surface area (Å²) in [5.41, 5.74) is 4.22. The minimum absolute atomic E-state index is 0.712. The molecule has 0 saturated heterocycles. The van der Waals surface area contributed by atoms with Gasteiger partial charge in [-0.1, -0.05) is 42.5 Å². The molecule has 0 fully saturated rings. The zero-order valence-electron chi connectivity index (χ0n) is 12.0. The predicted molar refractivity (Wildman–Crippen MR) is 90.4 cm³/mol. The zero-order chi connectivity index (χ0) is 14.9. The summed E-state index contributed by atoms with van der Waals surface area (Å²) in [5.74, 6) is 0.